The van der Waals surface area contributed by atoms with Gasteiger partial charge in [0.2, 0.25) is 0 Å². The van der Waals surface area contributed by atoms with Gasteiger partial charge in [0, 0.05) is 17.8 Å². The lowest BCUT2D eigenvalue weighted by molar-refractivity contribution is 0.242. The van der Waals surface area contributed by atoms with E-state index in [1.807, 2.05) is 6.07 Å². The molecule has 1 aromatic carbocycles. The molecule has 1 N–H and O–H groups in total. The van der Waals surface area contributed by atoms with Crippen LogP contribution in [0.5, 0.6) is 5.75 Å². The summed E-state index contributed by atoms with van der Waals surface area (Å²) in [5.41, 5.74) is 1.19. The van der Waals surface area contributed by atoms with Crippen LogP contribution in [0.2, 0.25) is 0 Å². The molecule has 1 aromatic rings. The molecular weight excluding hydrogens is 198 g/mol. The molecule has 0 heterocycles. The second-order valence-corrected chi connectivity index (χ2v) is 4.82. The Balaban J connectivity index is 1.97. The maximum absolute atomic E-state index is 5.68. The number of benzene rings is 1. The number of hydrogen-bond donors (Lipinski definition) is 1. The Labute approximate surface area is 98.0 Å². The smallest absolute Gasteiger partial charge is 0.121 e. The van der Waals surface area contributed by atoms with Crippen molar-refractivity contribution in [3.05, 3.63) is 24.3 Å². The molecule has 1 fully saturated rings. The van der Waals surface area contributed by atoms with Crippen molar-refractivity contribution >= 4 is 5.69 Å². The molecule has 2 rings (SSSR count). The molecule has 0 atom stereocenters. The Morgan fingerprint density at radius 2 is 2.00 bits per heavy atom. The average molecular weight is 219 g/mol. The number of hydrogen-bond acceptors (Lipinski definition) is 2. The van der Waals surface area contributed by atoms with Crippen LogP contribution in [0.25, 0.3) is 0 Å². The van der Waals surface area contributed by atoms with Gasteiger partial charge in [-0.3, -0.25) is 0 Å². The van der Waals surface area contributed by atoms with Crippen LogP contribution in [0, 0.1) is 0 Å². The summed E-state index contributed by atoms with van der Waals surface area (Å²) in [5.74, 6) is 0.956. The van der Waals surface area contributed by atoms with Crippen LogP contribution in [0.4, 0.5) is 5.69 Å². The van der Waals surface area contributed by atoms with Crippen LogP contribution in [-0.4, -0.2) is 12.1 Å². The largest absolute Gasteiger partial charge is 0.491 e. The highest BCUT2D eigenvalue weighted by Crippen LogP contribution is 2.24. The van der Waals surface area contributed by atoms with E-state index in [1.165, 1.54) is 31.4 Å². The predicted octanol–water partition coefficient (Wildman–Crippen LogP) is 3.83. The first-order valence-corrected chi connectivity index (χ1v) is 6.27. The fourth-order valence-electron chi connectivity index (χ4n) is 2.24. The van der Waals surface area contributed by atoms with Crippen molar-refractivity contribution in [3.8, 4) is 5.75 Å². The molecule has 88 valence electrons. The molecular formula is C14H21NO. The van der Waals surface area contributed by atoms with Gasteiger partial charge in [0.1, 0.15) is 5.75 Å². The van der Waals surface area contributed by atoms with E-state index in [4.69, 9.17) is 4.74 Å². The Hall–Kier alpha value is -1.18. The van der Waals surface area contributed by atoms with E-state index in [1.54, 1.807) is 0 Å². The normalized spacial score (nSPS) is 16.7. The van der Waals surface area contributed by atoms with Crippen molar-refractivity contribution in [3.63, 3.8) is 0 Å². The Kier molecular flexibility index (Phi) is 3.70. The van der Waals surface area contributed by atoms with Gasteiger partial charge in [-0.25, -0.2) is 0 Å². The third-order valence-corrected chi connectivity index (χ3v) is 2.93. The van der Waals surface area contributed by atoms with E-state index in [2.05, 4.69) is 37.4 Å². The Morgan fingerprint density at radius 3 is 2.69 bits per heavy atom. The van der Waals surface area contributed by atoms with E-state index < -0.39 is 0 Å². The third-order valence-electron chi connectivity index (χ3n) is 2.93. The monoisotopic (exact) mass is 219 g/mol. The highest BCUT2D eigenvalue weighted by Gasteiger charge is 2.14. The van der Waals surface area contributed by atoms with Gasteiger partial charge < -0.3 is 10.1 Å². The fourth-order valence-corrected chi connectivity index (χ4v) is 2.24. The van der Waals surface area contributed by atoms with E-state index >= 15 is 0 Å². The van der Waals surface area contributed by atoms with Gasteiger partial charge in [0.05, 0.1) is 6.10 Å². The first-order chi connectivity index (χ1) is 7.74. The van der Waals surface area contributed by atoms with E-state index in [0.29, 0.717) is 6.04 Å². The molecule has 0 aromatic heterocycles. The Morgan fingerprint density at radius 1 is 1.25 bits per heavy atom. The van der Waals surface area contributed by atoms with Crippen molar-refractivity contribution < 1.29 is 4.74 Å². The summed E-state index contributed by atoms with van der Waals surface area (Å²) in [7, 11) is 0. The van der Waals surface area contributed by atoms with Gasteiger partial charge >= 0.3 is 0 Å². The summed E-state index contributed by atoms with van der Waals surface area (Å²) >= 11 is 0. The van der Waals surface area contributed by atoms with E-state index in [-0.39, 0.29) is 6.10 Å². The predicted molar refractivity (Wildman–Crippen MR) is 68.1 cm³/mol. The molecule has 2 nitrogen and oxygen atoms in total. The van der Waals surface area contributed by atoms with Crippen molar-refractivity contribution in [1.29, 1.82) is 0 Å². The van der Waals surface area contributed by atoms with Gasteiger partial charge in [0.15, 0.2) is 0 Å². The summed E-state index contributed by atoms with van der Waals surface area (Å²) in [6.07, 6.45) is 5.56. The minimum atomic E-state index is 0.238. The van der Waals surface area contributed by atoms with Crippen molar-refractivity contribution in [2.75, 3.05) is 5.32 Å². The van der Waals surface area contributed by atoms with Crippen LogP contribution in [0.15, 0.2) is 24.3 Å². The second kappa shape index (κ2) is 5.24. The molecule has 0 radical (unpaired) electrons. The van der Waals surface area contributed by atoms with Crippen LogP contribution < -0.4 is 10.1 Å². The number of rotatable bonds is 4. The third kappa shape index (κ3) is 3.16. The number of nitrogens with one attached hydrogen (secondary N) is 1. The molecule has 2 heteroatoms. The SMILES string of the molecule is CC(C)Oc1cccc(NC2CCCC2)c1. The molecule has 1 aliphatic rings. The standard InChI is InChI=1S/C14H21NO/c1-11(2)16-14-9-5-8-13(10-14)15-12-6-3-4-7-12/h5,8-12,15H,3-4,6-7H2,1-2H3. The molecule has 16 heavy (non-hydrogen) atoms. The van der Waals surface area contributed by atoms with Gasteiger partial charge in [-0.05, 0) is 38.8 Å². The minimum absolute atomic E-state index is 0.238. The molecule has 1 aliphatic carbocycles. The van der Waals surface area contributed by atoms with Crippen LogP contribution in [0.3, 0.4) is 0 Å². The minimum Gasteiger partial charge on any atom is -0.491 e. The second-order valence-electron chi connectivity index (χ2n) is 4.82. The van der Waals surface area contributed by atoms with E-state index in [9.17, 15) is 0 Å². The molecule has 1 saturated carbocycles. The summed E-state index contributed by atoms with van der Waals surface area (Å²) in [5, 5.41) is 3.57. The van der Waals surface area contributed by atoms with Crippen LogP contribution in [0.1, 0.15) is 39.5 Å². The van der Waals surface area contributed by atoms with E-state index in [0.717, 1.165) is 5.75 Å². The molecule has 0 aliphatic heterocycles. The summed E-state index contributed by atoms with van der Waals surface area (Å²) in [6, 6.07) is 8.94. The number of ether oxygens (including phenoxy) is 1. The van der Waals surface area contributed by atoms with Crippen LogP contribution >= 0.6 is 0 Å². The number of anilines is 1. The summed E-state index contributed by atoms with van der Waals surface area (Å²) < 4.78 is 5.68. The molecule has 0 bridgehead atoms. The average Bonchev–Trinajstić information content (AvgIpc) is 2.70. The zero-order valence-corrected chi connectivity index (χ0v) is 10.2. The van der Waals surface area contributed by atoms with Crippen molar-refractivity contribution in [1.82, 2.24) is 0 Å². The topological polar surface area (TPSA) is 21.3 Å². The molecule has 0 unspecified atom stereocenters. The molecule has 0 amide bonds. The fraction of sp³-hybridized carbons (Fsp3) is 0.571. The lowest BCUT2D eigenvalue weighted by atomic mass is 10.2. The van der Waals surface area contributed by atoms with Crippen LogP contribution in [-0.2, 0) is 0 Å². The zero-order valence-electron chi connectivity index (χ0n) is 10.2. The summed E-state index contributed by atoms with van der Waals surface area (Å²) in [4.78, 5) is 0. The lowest BCUT2D eigenvalue weighted by Gasteiger charge is -2.15. The van der Waals surface area contributed by atoms with Gasteiger partial charge in [-0.1, -0.05) is 18.9 Å². The first kappa shape index (κ1) is 11.3. The summed E-state index contributed by atoms with van der Waals surface area (Å²) in [6.45, 7) is 4.11. The van der Waals surface area contributed by atoms with Crippen molar-refractivity contribution in [2.24, 2.45) is 0 Å². The lowest BCUT2D eigenvalue weighted by Crippen LogP contribution is -2.14. The maximum Gasteiger partial charge on any atom is 0.121 e. The molecule has 0 saturated heterocycles. The zero-order chi connectivity index (χ0) is 11.4. The molecule has 0 spiro atoms. The Bertz CT molecular complexity index is 329. The maximum atomic E-state index is 5.68. The van der Waals surface area contributed by atoms with Gasteiger partial charge in [-0.2, -0.15) is 0 Å². The van der Waals surface area contributed by atoms with Gasteiger partial charge in [-0.15, -0.1) is 0 Å². The highest BCUT2D eigenvalue weighted by molar-refractivity contribution is 5.49. The first-order valence-electron chi connectivity index (χ1n) is 6.27. The highest BCUT2D eigenvalue weighted by atomic mass is 16.5. The van der Waals surface area contributed by atoms with Gasteiger partial charge in [0.25, 0.3) is 0 Å². The quantitative estimate of drug-likeness (QED) is 0.831. The van der Waals surface area contributed by atoms with Crippen molar-refractivity contribution in [2.45, 2.75) is 51.7 Å².